The van der Waals surface area contributed by atoms with Gasteiger partial charge in [0, 0.05) is 42.8 Å². The van der Waals surface area contributed by atoms with Crippen molar-refractivity contribution >= 4 is 64.3 Å². The van der Waals surface area contributed by atoms with Gasteiger partial charge in [0.2, 0.25) is 29.5 Å². The number of carbonyl (C=O) groups is 9. The lowest BCUT2D eigenvalue weighted by atomic mass is 10.0. The van der Waals surface area contributed by atoms with Crippen molar-refractivity contribution in [2.75, 3.05) is 6.61 Å². The van der Waals surface area contributed by atoms with E-state index in [0.717, 1.165) is 0 Å². The molecule has 0 unspecified atom stereocenters. The Hall–Kier alpha value is -8.05. The number of aromatic amines is 1. The van der Waals surface area contributed by atoms with Crippen LogP contribution in [0.3, 0.4) is 0 Å². The maximum atomic E-state index is 13.9. The Balaban J connectivity index is 1.54. The number of para-hydroxylation sites is 1. The van der Waals surface area contributed by atoms with Gasteiger partial charge in [-0.25, -0.2) is 4.79 Å². The van der Waals surface area contributed by atoms with E-state index in [2.05, 4.69) is 42.6 Å². The molecule has 6 amide bonds. The Morgan fingerprint density at radius 2 is 1.03 bits per heavy atom. The average Bonchev–Trinajstić information content (AvgIpc) is 3.71. The molecule has 0 spiro atoms. The lowest BCUT2D eigenvalue weighted by molar-refractivity contribution is -0.403. The van der Waals surface area contributed by atoms with E-state index in [9.17, 15) is 73.8 Å². The zero-order valence-electron chi connectivity index (χ0n) is 38.3. The predicted molar refractivity (Wildman–Crippen MR) is 247 cm³/mol. The van der Waals surface area contributed by atoms with Crippen LogP contribution in [0.25, 0.3) is 10.9 Å². The van der Waals surface area contributed by atoms with Gasteiger partial charge in [0.1, 0.15) is 47.8 Å². The second-order valence-electron chi connectivity index (χ2n) is 17.0. The first kappa shape index (κ1) is 54.6. The first-order valence-corrected chi connectivity index (χ1v) is 22.2. The number of phenolic OH excluding ortho intramolecular Hbond substituents is 2. The summed E-state index contributed by atoms with van der Waals surface area (Å²) < 4.78 is 0. The summed E-state index contributed by atoms with van der Waals surface area (Å²) in [5.74, 6) is -10.9. The van der Waals surface area contributed by atoms with Crippen LogP contribution >= 0.6 is 0 Å². The highest BCUT2D eigenvalue weighted by atomic mass is 16.4. The van der Waals surface area contributed by atoms with E-state index < -0.39 is 122 Å². The monoisotopic (exact) mass is 975 g/mol. The zero-order valence-corrected chi connectivity index (χ0v) is 38.3. The highest BCUT2D eigenvalue weighted by Crippen LogP contribution is 2.20. The smallest absolute Gasteiger partial charge is 0.326 e. The highest BCUT2D eigenvalue weighted by Gasteiger charge is 2.35. The number of rotatable bonds is 27. The van der Waals surface area contributed by atoms with Crippen molar-refractivity contribution in [2.45, 2.75) is 101 Å². The minimum atomic E-state index is -1.96. The fourth-order valence-electron chi connectivity index (χ4n) is 7.27. The Morgan fingerprint density at radius 1 is 0.557 bits per heavy atom. The van der Waals surface area contributed by atoms with Gasteiger partial charge in [-0.15, -0.1) is 0 Å². The van der Waals surface area contributed by atoms with Crippen molar-refractivity contribution in [1.82, 2.24) is 36.9 Å². The molecule has 16 N–H and O–H groups in total. The van der Waals surface area contributed by atoms with Gasteiger partial charge < -0.3 is 73.3 Å². The largest absolute Gasteiger partial charge is 0.508 e. The SMILES string of the molecule is CC(C)C[C@H](NC(=O)[C@H](Cc1c[nH]c2ccccc12)NC(=O)[C@H](CC(=O)O)NC(=O)[C@H](CO)NC(=O)[C@H](CCC(=O)O)NC(=O)[C@H](Cc1ccc(O)cc1)NC(=O)[C@@H]([NH3+])Cc1ccc(O)cc1)C(=O)O. The molecule has 1 aromatic heterocycles. The lowest BCUT2D eigenvalue weighted by Gasteiger charge is -2.27. The van der Waals surface area contributed by atoms with Crippen molar-refractivity contribution in [3.05, 3.63) is 95.7 Å². The number of carbonyl (C=O) groups excluding carboxylic acids is 6. The van der Waals surface area contributed by atoms with Crippen LogP contribution in [-0.2, 0) is 62.4 Å². The van der Waals surface area contributed by atoms with Crippen molar-refractivity contribution in [3.63, 3.8) is 0 Å². The second kappa shape index (κ2) is 25.9. The summed E-state index contributed by atoms with van der Waals surface area (Å²) in [4.78, 5) is 121. The molecule has 1 heterocycles. The van der Waals surface area contributed by atoms with Crippen molar-refractivity contribution in [1.29, 1.82) is 0 Å². The molecule has 7 atom stereocenters. The molecular formula is C47H59N8O15+. The van der Waals surface area contributed by atoms with Gasteiger partial charge >= 0.3 is 17.9 Å². The summed E-state index contributed by atoms with van der Waals surface area (Å²) in [6, 6.07) is 7.64. The predicted octanol–water partition coefficient (Wildman–Crippen LogP) is -1.41. The van der Waals surface area contributed by atoms with Crippen molar-refractivity contribution in [3.8, 4) is 11.5 Å². The maximum absolute atomic E-state index is 13.9. The van der Waals surface area contributed by atoms with E-state index in [4.69, 9.17) is 0 Å². The van der Waals surface area contributed by atoms with E-state index in [1.54, 1.807) is 56.4 Å². The standard InChI is InChI=1S/C47H58N8O15/c1-24(2)17-37(47(69)70)54-44(66)35(20-27-22-49-32-6-4-3-5-30(27)32)52-45(67)36(21-40(61)62)53-46(68)38(23-56)55-42(64)33(15-16-39(59)60)50-43(65)34(19-26-9-13-29(58)14-10-26)51-41(63)31(48)18-25-7-11-28(57)12-8-25/h3-14,22,24,31,33-38,49,56-58H,15-21,23,48H2,1-2H3,(H,50,65)(H,51,63)(H,52,67)(H,53,68)(H,54,66)(H,55,64)(H,59,60)(H,61,62)(H,69,70)/p+1/t31-,33-,34-,35-,36-,37-,38-/m0/s1. The number of quaternary nitrogens is 1. The first-order chi connectivity index (χ1) is 33.1. The Kier molecular flexibility index (Phi) is 20.2. The van der Waals surface area contributed by atoms with E-state index in [-0.39, 0.29) is 43.1 Å². The molecule has 0 fully saturated rings. The molecule has 0 aliphatic rings. The maximum Gasteiger partial charge on any atom is 0.326 e. The molecule has 0 bridgehead atoms. The van der Waals surface area contributed by atoms with Crippen molar-refractivity contribution in [2.24, 2.45) is 5.92 Å². The number of phenols is 2. The van der Waals surface area contributed by atoms with Crippen LogP contribution < -0.4 is 37.6 Å². The minimum Gasteiger partial charge on any atom is -0.508 e. The van der Waals surface area contributed by atoms with Crippen LogP contribution in [-0.4, -0.2) is 138 Å². The number of carboxylic acids is 3. The Morgan fingerprint density at radius 3 is 1.59 bits per heavy atom. The summed E-state index contributed by atoms with van der Waals surface area (Å²) in [5, 5.41) is 73.6. The Bertz CT molecular complexity index is 2500. The van der Waals surface area contributed by atoms with E-state index in [1.165, 1.54) is 36.4 Å². The van der Waals surface area contributed by atoms with Crippen LogP contribution in [0, 0.1) is 5.92 Å². The quantitative estimate of drug-likeness (QED) is 0.0326. The van der Waals surface area contributed by atoms with Gasteiger partial charge in [-0.05, 0) is 65.8 Å². The number of H-pyrrole nitrogens is 1. The average molecular weight is 976 g/mol. The van der Waals surface area contributed by atoms with Crippen LogP contribution in [0.15, 0.2) is 79.0 Å². The third kappa shape index (κ3) is 16.9. The van der Waals surface area contributed by atoms with Crippen LogP contribution in [0.2, 0.25) is 0 Å². The third-order valence-electron chi connectivity index (χ3n) is 11.0. The normalized spacial score (nSPS) is 14.1. The summed E-state index contributed by atoms with van der Waals surface area (Å²) in [5.41, 5.74) is 6.15. The summed E-state index contributed by atoms with van der Waals surface area (Å²) in [7, 11) is 0. The van der Waals surface area contributed by atoms with Crippen LogP contribution in [0.5, 0.6) is 11.5 Å². The summed E-state index contributed by atoms with van der Waals surface area (Å²) in [6.07, 6.45) is -1.09. The van der Waals surface area contributed by atoms with Crippen LogP contribution in [0.4, 0.5) is 0 Å². The van der Waals surface area contributed by atoms with E-state index >= 15 is 0 Å². The first-order valence-electron chi connectivity index (χ1n) is 22.2. The number of fused-ring (bicyclic) bond motifs is 1. The number of hydrogen-bond donors (Lipinski definition) is 14. The molecule has 0 aliphatic carbocycles. The van der Waals surface area contributed by atoms with Gasteiger partial charge in [-0.3, -0.25) is 38.4 Å². The van der Waals surface area contributed by atoms with Gasteiger partial charge in [0.15, 0.2) is 6.04 Å². The molecule has 0 aliphatic heterocycles. The number of amides is 6. The highest BCUT2D eigenvalue weighted by molar-refractivity contribution is 5.98. The van der Waals surface area contributed by atoms with Crippen LogP contribution in [0.1, 0.15) is 56.2 Å². The molecule has 0 saturated heterocycles. The molecule has 0 saturated carbocycles. The number of nitrogens with one attached hydrogen (secondary N) is 7. The molecule has 4 rings (SSSR count). The summed E-state index contributed by atoms with van der Waals surface area (Å²) >= 11 is 0. The Labute approximate surface area is 400 Å². The fraction of sp³-hybridized carbons (Fsp3) is 0.383. The number of aliphatic carboxylic acids is 3. The molecule has 23 nitrogen and oxygen atoms in total. The number of aliphatic hydroxyl groups is 1. The number of aliphatic hydroxyl groups excluding tert-OH is 1. The third-order valence-corrected chi connectivity index (χ3v) is 11.0. The molecule has 0 radical (unpaired) electrons. The molecule has 23 heteroatoms. The molecule has 70 heavy (non-hydrogen) atoms. The van der Waals surface area contributed by atoms with Gasteiger partial charge in [0.05, 0.1) is 13.0 Å². The number of benzene rings is 3. The summed E-state index contributed by atoms with van der Waals surface area (Å²) in [6.45, 7) is 2.31. The number of aromatic nitrogens is 1. The van der Waals surface area contributed by atoms with Gasteiger partial charge in [-0.2, -0.15) is 0 Å². The van der Waals surface area contributed by atoms with Crippen molar-refractivity contribution < 1.29 is 79.5 Å². The lowest BCUT2D eigenvalue weighted by Crippen LogP contribution is -2.70. The number of carboxylic acid groups (broad SMARTS) is 3. The number of hydrogen-bond acceptors (Lipinski definition) is 12. The number of aromatic hydroxyl groups is 2. The van der Waals surface area contributed by atoms with Gasteiger partial charge in [0.25, 0.3) is 5.91 Å². The van der Waals surface area contributed by atoms with E-state index in [1.807, 2.05) is 0 Å². The van der Waals surface area contributed by atoms with E-state index in [0.29, 0.717) is 27.6 Å². The van der Waals surface area contributed by atoms with Gasteiger partial charge in [-0.1, -0.05) is 56.3 Å². The molecular weight excluding hydrogens is 917 g/mol. The minimum absolute atomic E-state index is 0.00150. The second-order valence-corrected chi connectivity index (χ2v) is 17.0. The topological polar surface area (TPSA) is 391 Å². The molecule has 376 valence electrons. The zero-order chi connectivity index (χ0) is 51.7. The molecule has 4 aromatic rings. The fourth-order valence-corrected chi connectivity index (χ4v) is 7.27. The molecule has 3 aromatic carbocycles.